The third-order valence-corrected chi connectivity index (χ3v) is 6.38. The Labute approximate surface area is 155 Å². The zero-order valence-corrected chi connectivity index (χ0v) is 15.9. The minimum Gasteiger partial charge on any atom is -0.342 e. The topological polar surface area (TPSA) is 52.2 Å². The Morgan fingerprint density at radius 1 is 1.23 bits per heavy atom. The monoisotopic (exact) mass is 352 g/mol. The molecular formula is C21H28N4O. The minimum atomic E-state index is 0.234. The van der Waals surface area contributed by atoms with Gasteiger partial charge in [0.25, 0.3) is 0 Å². The first-order chi connectivity index (χ1) is 12.5. The molecule has 2 aliphatic heterocycles. The number of aromatic amines is 1. The number of nitrogens with zero attached hydrogens (tertiary/aromatic N) is 3. The van der Waals surface area contributed by atoms with Crippen molar-refractivity contribution in [3.05, 3.63) is 52.8 Å². The number of likely N-dealkylation sites (tertiary alicyclic amines) is 2. The molecule has 0 aliphatic carbocycles. The summed E-state index contributed by atoms with van der Waals surface area (Å²) < 4.78 is 0. The molecule has 1 aromatic heterocycles. The van der Waals surface area contributed by atoms with Gasteiger partial charge < -0.3 is 9.80 Å². The molecule has 3 atom stereocenters. The van der Waals surface area contributed by atoms with Crippen LogP contribution in [0.2, 0.25) is 0 Å². The summed E-state index contributed by atoms with van der Waals surface area (Å²) in [6.07, 6.45) is 1.52. The standard InChI is InChI=1S/C21H28N4O/c1-14-17(15(2)23-22-14)11-21(26)25-10-9-20-19(13-25)18(12-24(20)3)16-7-5-4-6-8-16/h4-8,18-20H,9-13H2,1-3H3,(H,22,23)/t18-,19-,20-/m1/s1. The van der Waals surface area contributed by atoms with Gasteiger partial charge in [0.05, 0.1) is 12.1 Å². The maximum absolute atomic E-state index is 13.0. The van der Waals surface area contributed by atoms with Gasteiger partial charge in [-0.25, -0.2) is 0 Å². The fourth-order valence-electron chi connectivity index (χ4n) is 4.87. The summed E-state index contributed by atoms with van der Waals surface area (Å²) in [5, 5.41) is 7.22. The summed E-state index contributed by atoms with van der Waals surface area (Å²) in [5.41, 5.74) is 4.41. The summed E-state index contributed by atoms with van der Waals surface area (Å²) in [7, 11) is 2.23. The molecule has 26 heavy (non-hydrogen) atoms. The fraction of sp³-hybridized carbons (Fsp3) is 0.524. The van der Waals surface area contributed by atoms with E-state index in [1.165, 1.54) is 5.56 Å². The number of rotatable bonds is 3. The molecule has 0 saturated carbocycles. The largest absolute Gasteiger partial charge is 0.342 e. The van der Waals surface area contributed by atoms with Crippen molar-refractivity contribution in [1.29, 1.82) is 0 Å². The van der Waals surface area contributed by atoms with Crippen LogP contribution in [-0.2, 0) is 11.2 Å². The molecule has 5 nitrogen and oxygen atoms in total. The number of H-pyrrole nitrogens is 1. The van der Waals surface area contributed by atoms with Crippen LogP contribution in [0.3, 0.4) is 0 Å². The van der Waals surface area contributed by atoms with Crippen LogP contribution in [0, 0.1) is 19.8 Å². The number of nitrogens with one attached hydrogen (secondary N) is 1. The summed E-state index contributed by atoms with van der Waals surface area (Å²) in [5.74, 6) is 1.27. The maximum atomic E-state index is 13.0. The van der Waals surface area contributed by atoms with Gasteiger partial charge in [-0.05, 0) is 32.9 Å². The Balaban J connectivity index is 1.50. The summed E-state index contributed by atoms with van der Waals surface area (Å²) in [6, 6.07) is 11.4. The molecule has 2 saturated heterocycles. The number of fused-ring (bicyclic) bond motifs is 1. The number of carbonyl (C=O) groups excluding carboxylic acids is 1. The molecule has 2 aliphatic rings. The Kier molecular flexibility index (Phi) is 4.57. The first kappa shape index (κ1) is 17.3. The maximum Gasteiger partial charge on any atom is 0.227 e. The number of hydrogen-bond donors (Lipinski definition) is 1. The highest BCUT2D eigenvalue weighted by atomic mass is 16.2. The van der Waals surface area contributed by atoms with E-state index in [9.17, 15) is 4.79 Å². The lowest BCUT2D eigenvalue weighted by Crippen LogP contribution is -2.48. The lowest BCUT2D eigenvalue weighted by molar-refractivity contribution is -0.132. The van der Waals surface area contributed by atoms with E-state index in [1.807, 2.05) is 13.8 Å². The van der Waals surface area contributed by atoms with E-state index in [4.69, 9.17) is 0 Å². The molecule has 0 spiro atoms. The molecule has 2 fully saturated rings. The molecule has 1 N–H and O–H groups in total. The fourth-order valence-corrected chi connectivity index (χ4v) is 4.87. The van der Waals surface area contributed by atoms with Crippen LogP contribution in [-0.4, -0.2) is 58.6 Å². The zero-order chi connectivity index (χ0) is 18.3. The number of aromatic nitrogens is 2. The Bertz CT molecular complexity index is 765. The molecule has 1 amide bonds. The van der Waals surface area contributed by atoms with E-state index in [0.717, 1.165) is 43.0 Å². The summed E-state index contributed by atoms with van der Waals surface area (Å²) >= 11 is 0. The van der Waals surface area contributed by atoms with E-state index >= 15 is 0 Å². The molecule has 3 heterocycles. The van der Waals surface area contributed by atoms with Gasteiger partial charge in [-0.3, -0.25) is 9.89 Å². The van der Waals surface area contributed by atoms with Crippen molar-refractivity contribution in [3.8, 4) is 0 Å². The second-order valence-electron chi connectivity index (χ2n) is 7.91. The number of benzene rings is 1. The van der Waals surface area contributed by atoms with E-state index < -0.39 is 0 Å². The normalized spacial score (nSPS) is 26.1. The molecule has 5 heteroatoms. The highest BCUT2D eigenvalue weighted by Gasteiger charge is 2.44. The van der Waals surface area contributed by atoms with Gasteiger partial charge in [0.1, 0.15) is 0 Å². The number of likely N-dealkylation sites (N-methyl/N-ethyl adjacent to an activating group) is 1. The van der Waals surface area contributed by atoms with E-state index in [1.54, 1.807) is 0 Å². The van der Waals surface area contributed by atoms with E-state index in [2.05, 4.69) is 57.4 Å². The van der Waals surface area contributed by atoms with Crippen LogP contribution >= 0.6 is 0 Å². The average molecular weight is 352 g/mol. The predicted molar refractivity (Wildman–Crippen MR) is 102 cm³/mol. The number of hydrogen-bond acceptors (Lipinski definition) is 3. The first-order valence-corrected chi connectivity index (χ1v) is 9.58. The third-order valence-electron chi connectivity index (χ3n) is 6.38. The highest BCUT2D eigenvalue weighted by Crippen LogP contribution is 2.40. The lowest BCUT2D eigenvalue weighted by atomic mass is 9.81. The van der Waals surface area contributed by atoms with Gasteiger partial charge in [0, 0.05) is 48.8 Å². The SMILES string of the molecule is Cc1n[nH]c(C)c1CC(=O)N1CC[C@@H]2[C@H](C1)[C@@H](c1ccccc1)CN2C. The smallest absolute Gasteiger partial charge is 0.227 e. The first-order valence-electron chi connectivity index (χ1n) is 9.58. The molecule has 138 valence electrons. The van der Waals surface area contributed by atoms with Crippen LogP contribution in [0.4, 0.5) is 0 Å². The van der Waals surface area contributed by atoms with Crippen molar-refractivity contribution in [1.82, 2.24) is 20.0 Å². The molecule has 0 bridgehead atoms. The van der Waals surface area contributed by atoms with Gasteiger partial charge in [-0.15, -0.1) is 0 Å². The van der Waals surface area contributed by atoms with Crippen LogP contribution in [0.25, 0.3) is 0 Å². The van der Waals surface area contributed by atoms with Crippen LogP contribution < -0.4 is 0 Å². The number of carbonyl (C=O) groups is 1. The van der Waals surface area contributed by atoms with E-state index in [0.29, 0.717) is 24.3 Å². The zero-order valence-electron chi connectivity index (χ0n) is 15.9. The highest BCUT2D eigenvalue weighted by molar-refractivity contribution is 5.79. The van der Waals surface area contributed by atoms with Gasteiger partial charge in [0.2, 0.25) is 5.91 Å². The van der Waals surface area contributed by atoms with Crippen molar-refractivity contribution < 1.29 is 4.79 Å². The van der Waals surface area contributed by atoms with Crippen LogP contribution in [0.1, 0.15) is 34.9 Å². The van der Waals surface area contributed by atoms with Crippen molar-refractivity contribution in [3.63, 3.8) is 0 Å². The van der Waals surface area contributed by atoms with Gasteiger partial charge in [-0.1, -0.05) is 30.3 Å². The van der Waals surface area contributed by atoms with Crippen molar-refractivity contribution in [2.45, 2.75) is 38.6 Å². The van der Waals surface area contributed by atoms with Crippen molar-refractivity contribution in [2.75, 3.05) is 26.7 Å². The van der Waals surface area contributed by atoms with Crippen molar-refractivity contribution in [2.24, 2.45) is 5.92 Å². The predicted octanol–water partition coefficient (Wildman–Crippen LogP) is 2.52. The molecular weight excluding hydrogens is 324 g/mol. The Morgan fingerprint density at radius 3 is 2.69 bits per heavy atom. The van der Waals surface area contributed by atoms with Crippen LogP contribution in [0.15, 0.2) is 30.3 Å². The Hall–Kier alpha value is -2.14. The summed E-state index contributed by atoms with van der Waals surface area (Å²) in [6.45, 7) is 6.77. The molecule has 4 rings (SSSR count). The summed E-state index contributed by atoms with van der Waals surface area (Å²) in [4.78, 5) is 17.5. The average Bonchev–Trinajstić information content (AvgIpc) is 3.16. The van der Waals surface area contributed by atoms with Crippen LogP contribution in [0.5, 0.6) is 0 Å². The number of aryl methyl sites for hydroxylation is 2. The second-order valence-corrected chi connectivity index (χ2v) is 7.91. The molecule has 0 radical (unpaired) electrons. The minimum absolute atomic E-state index is 0.234. The van der Waals surface area contributed by atoms with Gasteiger partial charge in [0.15, 0.2) is 0 Å². The van der Waals surface area contributed by atoms with E-state index in [-0.39, 0.29) is 5.91 Å². The lowest BCUT2D eigenvalue weighted by Gasteiger charge is -2.38. The third kappa shape index (κ3) is 3.05. The van der Waals surface area contributed by atoms with Crippen molar-refractivity contribution >= 4 is 5.91 Å². The Morgan fingerprint density at radius 2 is 2.00 bits per heavy atom. The molecule has 1 aromatic carbocycles. The quantitative estimate of drug-likeness (QED) is 0.923. The van der Waals surface area contributed by atoms with Gasteiger partial charge >= 0.3 is 0 Å². The van der Waals surface area contributed by atoms with Gasteiger partial charge in [-0.2, -0.15) is 5.10 Å². The molecule has 0 unspecified atom stereocenters. The number of piperidine rings is 1. The molecule has 2 aromatic rings. The second kappa shape index (κ2) is 6.88. The number of amides is 1.